The number of aryl methyl sites for hydroxylation is 1. The van der Waals surface area contributed by atoms with Crippen LogP contribution in [-0.4, -0.2) is 11.5 Å². The van der Waals surface area contributed by atoms with Gasteiger partial charge in [0.15, 0.2) is 0 Å². The second kappa shape index (κ2) is 5.72. The molecule has 0 bridgehead atoms. The predicted octanol–water partition coefficient (Wildman–Crippen LogP) is 5.40. The molecule has 1 fully saturated rings. The fourth-order valence-electron chi connectivity index (χ4n) is 3.19. The van der Waals surface area contributed by atoms with E-state index in [-0.39, 0.29) is 0 Å². The Morgan fingerprint density at radius 2 is 2.05 bits per heavy atom. The number of aromatic nitrogens is 1. The number of benzene rings is 1. The van der Waals surface area contributed by atoms with E-state index in [0.717, 1.165) is 16.5 Å². The van der Waals surface area contributed by atoms with Crippen molar-refractivity contribution in [2.45, 2.75) is 45.4 Å². The molecule has 0 unspecified atom stereocenters. The maximum atomic E-state index is 4.99. The molecule has 1 N–H and O–H groups in total. The van der Waals surface area contributed by atoms with Crippen LogP contribution >= 0.6 is 15.9 Å². The van der Waals surface area contributed by atoms with Crippen LogP contribution in [0.3, 0.4) is 0 Å². The van der Waals surface area contributed by atoms with E-state index in [0.29, 0.717) is 5.92 Å². The van der Waals surface area contributed by atoms with Crippen molar-refractivity contribution in [3.63, 3.8) is 0 Å². The first-order valence-electron chi connectivity index (χ1n) is 7.54. The van der Waals surface area contributed by atoms with Gasteiger partial charge in [-0.05, 0) is 50.5 Å². The van der Waals surface area contributed by atoms with E-state index in [1.165, 1.54) is 48.0 Å². The van der Waals surface area contributed by atoms with Crippen LogP contribution in [0.1, 0.15) is 49.8 Å². The van der Waals surface area contributed by atoms with Gasteiger partial charge in [-0.15, -0.1) is 0 Å². The maximum absolute atomic E-state index is 4.99. The van der Waals surface area contributed by atoms with Gasteiger partial charge in [-0.25, -0.2) is 0 Å². The first-order valence-corrected chi connectivity index (χ1v) is 8.33. The number of halogens is 1. The molecule has 1 aromatic carbocycles. The highest BCUT2D eigenvalue weighted by Crippen LogP contribution is 2.37. The second-order valence-electron chi connectivity index (χ2n) is 5.67. The predicted molar refractivity (Wildman–Crippen MR) is 89.6 cm³/mol. The van der Waals surface area contributed by atoms with Gasteiger partial charge in [0.2, 0.25) is 0 Å². The quantitative estimate of drug-likeness (QED) is 0.814. The zero-order valence-corrected chi connectivity index (χ0v) is 13.8. The molecule has 1 heterocycles. The van der Waals surface area contributed by atoms with Crippen molar-refractivity contribution in [3.05, 3.63) is 33.9 Å². The van der Waals surface area contributed by atoms with Crippen LogP contribution in [0.15, 0.2) is 22.7 Å². The van der Waals surface area contributed by atoms with Crippen LogP contribution in [0.4, 0.5) is 5.69 Å². The molecule has 0 radical (unpaired) electrons. The van der Waals surface area contributed by atoms with E-state index in [4.69, 9.17) is 4.98 Å². The molecule has 0 atom stereocenters. The van der Waals surface area contributed by atoms with Crippen LogP contribution in [0.5, 0.6) is 0 Å². The number of fused-ring (bicyclic) bond motifs is 1. The van der Waals surface area contributed by atoms with Crippen molar-refractivity contribution >= 4 is 32.5 Å². The van der Waals surface area contributed by atoms with Crippen LogP contribution < -0.4 is 5.32 Å². The Morgan fingerprint density at radius 1 is 1.30 bits per heavy atom. The second-order valence-corrected chi connectivity index (χ2v) is 6.53. The minimum Gasteiger partial charge on any atom is -0.385 e. The summed E-state index contributed by atoms with van der Waals surface area (Å²) in [5.74, 6) is 0.648. The lowest BCUT2D eigenvalue weighted by Gasteiger charge is -2.16. The molecule has 0 aliphatic heterocycles. The first kappa shape index (κ1) is 13.9. The van der Waals surface area contributed by atoms with Crippen molar-refractivity contribution in [2.75, 3.05) is 11.9 Å². The Kier molecular flexibility index (Phi) is 3.97. The fraction of sp³-hybridized carbons (Fsp3) is 0.471. The fourth-order valence-corrected chi connectivity index (χ4v) is 3.51. The zero-order chi connectivity index (χ0) is 14.1. The van der Waals surface area contributed by atoms with Crippen molar-refractivity contribution in [1.82, 2.24) is 4.98 Å². The van der Waals surface area contributed by atoms with Gasteiger partial charge >= 0.3 is 0 Å². The standard InChI is InChI=1S/C17H21BrN2/c1-3-19-16-10-15(12-6-4-5-7-12)20-17-11(2)14(18)9-8-13(16)17/h8-10,12H,3-7H2,1-2H3,(H,19,20). The molecule has 1 aliphatic rings. The van der Waals surface area contributed by atoms with E-state index < -0.39 is 0 Å². The number of nitrogens with one attached hydrogen (secondary N) is 1. The molecule has 3 rings (SSSR count). The average Bonchev–Trinajstić information content (AvgIpc) is 2.97. The molecule has 0 saturated heterocycles. The highest BCUT2D eigenvalue weighted by atomic mass is 79.9. The highest BCUT2D eigenvalue weighted by molar-refractivity contribution is 9.10. The normalized spacial score (nSPS) is 15.9. The SMILES string of the molecule is CCNc1cc(C2CCCC2)nc2c(C)c(Br)ccc12. The summed E-state index contributed by atoms with van der Waals surface area (Å²) in [5.41, 5.74) is 4.88. The van der Waals surface area contributed by atoms with Gasteiger partial charge in [0.05, 0.1) is 5.52 Å². The molecular formula is C17H21BrN2. The van der Waals surface area contributed by atoms with E-state index in [2.05, 4.69) is 53.3 Å². The van der Waals surface area contributed by atoms with Gasteiger partial charge in [0.1, 0.15) is 0 Å². The molecule has 1 aromatic heterocycles. The topological polar surface area (TPSA) is 24.9 Å². The monoisotopic (exact) mass is 332 g/mol. The first-order chi connectivity index (χ1) is 9.70. The van der Waals surface area contributed by atoms with E-state index in [9.17, 15) is 0 Å². The summed E-state index contributed by atoms with van der Waals surface area (Å²) >= 11 is 3.63. The third-order valence-corrected chi connectivity index (χ3v) is 5.19. The lowest BCUT2D eigenvalue weighted by Crippen LogP contribution is -2.04. The number of pyridine rings is 1. The molecule has 20 heavy (non-hydrogen) atoms. The van der Waals surface area contributed by atoms with Gasteiger partial charge in [-0.3, -0.25) is 4.98 Å². The number of anilines is 1. The van der Waals surface area contributed by atoms with Crippen molar-refractivity contribution < 1.29 is 0 Å². The van der Waals surface area contributed by atoms with Crippen LogP contribution in [0.25, 0.3) is 10.9 Å². The molecule has 2 nitrogen and oxygen atoms in total. The summed E-state index contributed by atoms with van der Waals surface area (Å²) in [6.45, 7) is 5.24. The van der Waals surface area contributed by atoms with Gasteiger partial charge in [-0.1, -0.05) is 28.8 Å². The smallest absolute Gasteiger partial charge is 0.0766 e. The molecule has 0 spiro atoms. The average molecular weight is 333 g/mol. The molecule has 0 amide bonds. The summed E-state index contributed by atoms with van der Waals surface area (Å²) in [6.07, 6.45) is 5.27. The van der Waals surface area contributed by atoms with E-state index in [1.54, 1.807) is 0 Å². The molecule has 1 aliphatic carbocycles. The Balaban J connectivity index is 2.19. The third kappa shape index (κ3) is 2.44. The van der Waals surface area contributed by atoms with Crippen molar-refractivity contribution in [2.24, 2.45) is 0 Å². The maximum Gasteiger partial charge on any atom is 0.0766 e. The van der Waals surface area contributed by atoms with Crippen molar-refractivity contribution in [1.29, 1.82) is 0 Å². The summed E-state index contributed by atoms with van der Waals surface area (Å²) in [6, 6.07) is 6.56. The summed E-state index contributed by atoms with van der Waals surface area (Å²) in [7, 11) is 0. The van der Waals surface area contributed by atoms with Crippen LogP contribution in [0.2, 0.25) is 0 Å². The Hall–Kier alpha value is -1.09. The number of hydrogen-bond donors (Lipinski definition) is 1. The molecule has 2 aromatic rings. The van der Waals surface area contributed by atoms with E-state index >= 15 is 0 Å². The lowest BCUT2D eigenvalue weighted by molar-refractivity contribution is 0.701. The number of nitrogens with zero attached hydrogens (tertiary/aromatic N) is 1. The summed E-state index contributed by atoms with van der Waals surface area (Å²) < 4.78 is 1.14. The van der Waals surface area contributed by atoms with Crippen molar-refractivity contribution in [3.8, 4) is 0 Å². The third-order valence-electron chi connectivity index (χ3n) is 4.33. The lowest BCUT2D eigenvalue weighted by atomic mass is 10.00. The van der Waals surface area contributed by atoms with Gasteiger partial charge in [-0.2, -0.15) is 0 Å². The largest absolute Gasteiger partial charge is 0.385 e. The number of hydrogen-bond acceptors (Lipinski definition) is 2. The van der Waals surface area contributed by atoms with Crippen LogP contribution in [-0.2, 0) is 0 Å². The number of rotatable bonds is 3. The molecule has 3 heteroatoms. The molecule has 106 valence electrons. The van der Waals surface area contributed by atoms with Crippen LogP contribution in [0, 0.1) is 6.92 Å². The Bertz CT molecular complexity index is 630. The van der Waals surface area contributed by atoms with E-state index in [1.807, 2.05) is 0 Å². The molecular weight excluding hydrogens is 312 g/mol. The highest BCUT2D eigenvalue weighted by Gasteiger charge is 2.20. The van der Waals surface area contributed by atoms with Gasteiger partial charge in [0.25, 0.3) is 0 Å². The zero-order valence-electron chi connectivity index (χ0n) is 12.2. The summed E-state index contributed by atoms with van der Waals surface area (Å²) in [4.78, 5) is 4.99. The Labute approximate surface area is 129 Å². The summed E-state index contributed by atoms with van der Waals surface area (Å²) in [5, 5.41) is 4.74. The minimum absolute atomic E-state index is 0.648. The van der Waals surface area contributed by atoms with Gasteiger partial charge in [0, 0.05) is 33.7 Å². The van der Waals surface area contributed by atoms with Gasteiger partial charge < -0.3 is 5.32 Å². The minimum atomic E-state index is 0.648. The molecule has 1 saturated carbocycles. The Morgan fingerprint density at radius 3 is 2.75 bits per heavy atom.